The molecule has 0 aliphatic heterocycles. The minimum Gasteiger partial charge on any atom is -0.397 e. The Hall–Kier alpha value is -0.250. The van der Waals surface area contributed by atoms with E-state index in [2.05, 4.69) is 0 Å². The van der Waals surface area contributed by atoms with Gasteiger partial charge in [-0.3, -0.25) is 9.59 Å². The van der Waals surface area contributed by atoms with Crippen molar-refractivity contribution in [2.24, 2.45) is 0 Å². The number of anilines is 1. The number of likely N-dealkylation sites (N-methyl/N-ethyl adjacent to an activating group) is 2. The van der Waals surface area contributed by atoms with E-state index in [9.17, 15) is 50.4 Å². The first kappa shape index (κ1) is 37.8. The molecular weight excluding hydrogens is 879 g/mol. The van der Waals surface area contributed by atoms with E-state index in [4.69, 9.17) is 15.9 Å². The van der Waals surface area contributed by atoms with Crippen LogP contribution in [0, 0.1) is 10.7 Å². The zero-order chi connectivity index (χ0) is 31.2. The van der Waals surface area contributed by atoms with Gasteiger partial charge in [-0.25, -0.2) is 0 Å². The third-order valence-corrected chi connectivity index (χ3v) is 9.36. The Morgan fingerprint density at radius 1 is 0.625 bits per heavy atom. The van der Waals surface area contributed by atoms with Gasteiger partial charge in [-0.05, 0) is 67.8 Å². The molecule has 1 aromatic carbocycles. The van der Waals surface area contributed by atoms with Crippen LogP contribution in [0.25, 0.3) is 0 Å². The standard InChI is InChI=1S/C22H34I3N3O12/c1-27(3-7(31)17(35)19(37)9(33)5-29)21(39)11-13(23)12(15(25)16(26)14(11)24)22(40)28(2)4-8(32)18(36)20(38)10(34)6-30/h7-10,17-20,29-38H,3-6,26H2,1-2H3. The number of benzene rings is 1. The lowest BCUT2D eigenvalue weighted by Gasteiger charge is -2.30. The zero-order valence-corrected chi connectivity index (χ0v) is 27.8. The van der Waals surface area contributed by atoms with Crippen LogP contribution in [0.1, 0.15) is 20.7 Å². The molecule has 0 heterocycles. The summed E-state index contributed by atoms with van der Waals surface area (Å²) < 4.78 is 0.723. The number of nitrogens with two attached hydrogens (primary N) is 1. The van der Waals surface area contributed by atoms with E-state index in [0.29, 0.717) is 0 Å². The maximum atomic E-state index is 13.4. The Labute approximate surface area is 270 Å². The first-order chi connectivity index (χ1) is 18.4. The fraction of sp³-hybridized carbons (Fsp3) is 0.636. The molecule has 0 saturated heterocycles. The maximum absolute atomic E-state index is 13.4. The molecule has 15 nitrogen and oxygen atoms in total. The zero-order valence-electron chi connectivity index (χ0n) is 21.3. The van der Waals surface area contributed by atoms with Crippen molar-refractivity contribution in [2.75, 3.05) is 46.1 Å². The van der Waals surface area contributed by atoms with Gasteiger partial charge in [0.2, 0.25) is 0 Å². The molecule has 1 aromatic rings. The number of carbonyl (C=O) groups is 2. The van der Waals surface area contributed by atoms with Crippen molar-refractivity contribution in [1.29, 1.82) is 0 Å². The highest BCUT2D eigenvalue weighted by atomic mass is 127. The van der Waals surface area contributed by atoms with E-state index < -0.39 is 86.9 Å². The lowest BCUT2D eigenvalue weighted by molar-refractivity contribution is -0.117. The topological polar surface area (TPSA) is 269 Å². The second kappa shape index (κ2) is 16.6. The van der Waals surface area contributed by atoms with Gasteiger partial charge in [-0.15, -0.1) is 0 Å². The lowest BCUT2D eigenvalue weighted by Crippen LogP contribution is -2.50. The molecule has 1 rings (SSSR count). The van der Waals surface area contributed by atoms with Gasteiger partial charge in [0.1, 0.15) is 48.8 Å². The summed E-state index contributed by atoms with van der Waals surface area (Å²) in [7, 11) is 2.57. The summed E-state index contributed by atoms with van der Waals surface area (Å²) >= 11 is 5.39. The van der Waals surface area contributed by atoms with Crippen molar-refractivity contribution < 1.29 is 60.7 Å². The van der Waals surface area contributed by atoms with Crippen LogP contribution in [-0.4, -0.2) is 162 Å². The van der Waals surface area contributed by atoms with E-state index in [-0.39, 0.29) is 27.5 Å². The van der Waals surface area contributed by atoms with Crippen LogP contribution in [-0.2, 0) is 0 Å². The number of carbonyl (C=O) groups excluding carboxylic acids is 2. The molecule has 12 N–H and O–H groups in total. The largest absolute Gasteiger partial charge is 0.397 e. The van der Waals surface area contributed by atoms with Gasteiger partial charge in [-0.2, -0.15) is 0 Å². The van der Waals surface area contributed by atoms with E-state index >= 15 is 0 Å². The van der Waals surface area contributed by atoms with Gasteiger partial charge >= 0.3 is 0 Å². The van der Waals surface area contributed by atoms with Gasteiger partial charge in [-0.1, -0.05) is 0 Å². The molecule has 0 aromatic heterocycles. The summed E-state index contributed by atoms with van der Waals surface area (Å²) in [4.78, 5) is 28.8. The summed E-state index contributed by atoms with van der Waals surface area (Å²) in [6.45, 7) is -2.76. The van der Waals surface area contributed by atoms with Gasteiger partial charge in [0.05, 0.1) is 37.2 Å². The van der Waals surface area contributed by atoms with Crippen LogP contribution in [0.15, 0.2) is 0 Å². The number of aliphatic hydroxyl groups excluding tert-OH is 10. The predicted molar refractivity (Wildman–Crippen MR) is 165 cm³/mol. The minimum atomic E-state index is -1.90. The minimum absolute atomic E-state index is 0.0157. The van der Waals surface area contributed by atoms with Crippen molar-refractivity contribution in [1.82, 2.24) is 9.80 Å². The van der Waals surface area contributed by atoms with Crippen molar-refractivity contribution in [3.05, 3.63) is 21.8 Å². The number of aliphatic hydroxyl groups is 10. The summed E-state index contributed by atoms with van der Waals surface area (Å²) in [6, 6.07) is 0. The lowest BCUT2D eigenvalue weighted by atomic mass is 10.0. The molecule has 0 radical (unpaired) electrons. The van der Waals surface area contributed by atoms with Crippen molar-refractivity contribution in [2.45, 2.75) is 48.8 Å². The Morgan fingerprint density at radius 2 is 0.900 bits per heavy atom. The molecule has 0 fully saturated rings. The smallest absolute Gasteiger partial charge is 0.255 e. The molecule has 2 amide bonds. The monoisotopic (exact) mass is 913 g/mol. The first-order valence-corrected chi connectivity index (χ1v) is 14.8. The number of amides is 2. The average Bonchev–Trinajstić information content (AvgIpc) is 2.92. The van der Waals surface area contributed by atoms with E-state index in [0.717, 1.165) is 9.80 Å². The number of hydrogen-bond donors (Lipinski definition) is 11. The fourth-order valence-corrected chi connectivity index (χ4v) is 7.60. The van der Waals surface area contributed by atoms with Crippen LogP contribution in [0.2, 0.25) is 0 Å². The quantitative estimate of drug-likeness (QED) is 0.0631. The Morgan fingerprint density at radius 3 is 1.18 bits per heavy atom. The number of hydrogen-bond acceptors (Lipinski definition) is 13. The predicted octanol–water partition coefficient (Wildman–Crippen LogP) is -3.90. The van der Waals surface area contributed by atoms with E-state index in [1.54, 1.807) is 22.6 Å². The number of rotatable bonds is 14. The van der Waals surface area contributed by atoms with E-state index in [1.807, 2.05) is 45.2 Å². The normalized spacial score (nSPS) is 17.8. The van der Waals surface area contributed by atoms with Crippen molar-refractivity contribution in [3.8, 4) is 0 Å². The highest BCUT2D eigenvalue weighted by Crippen LogP contribution is 2.35. The molecule has 0 saturated carbocycles. The van der Waals surface area contributed by atoms with Crippen molar-refractivity contribution >= 4 is 85.3 Å². The fourth-order valence-electron chi connectivity index (χ4n) is 3.51. The number of halogens is 3. The number of nitrogens with zero attached hydrogens (tertiary/aromatic N) is 2. The molecule has 18 heteroatoms. The summed E-state index contributed by atoms with van der Waals surface area (Å²) in [6.07, 6.45) is -14.5. The maximum Gasteiger partial charge on any atom is 0.255 e. The highest BCUT2D eigenvalue weighted by molar-refractivity contribution is 14.1. The van der Waals surface area contributed by atoms with Crippen LogP contribution in [0.3, 0.4) is 0 Å². The summed E-state index contributed by atoms with van der Waals surface area (Å²) in [5, 5.41) is 97.3. The SMILES string of the molecule is CN(CC(O)C(O)C(O)C(O)CO)C(=O)c1c(I)c(N)c(I)c(C(=O)N(C)CC(O)C(O)C(O)C(O)CO)c1I. The molecule has 8 unspecified atom stereocenters. The Bertz CT molecular complexity index is 963. The molecule has 0 aliphatic rings. The second-order valence-electron chi connectivity index (χ2n) is 9.07. The van der Waals surface area contributed by atoms with Gasteiger partial charge in [0.25, 0.3) is 11.8 Å². The van der Waals surface area contributed by atoms with E-state index in [1.165, 1.54) is 14.1 Å². The molecule has 40 heavy (non-hydrogen) atoms. The van der Waals surface area contributed by atoms with Crippen LogP contribution in [0.4, 0.5) is 5.69 Å². The van der Waals surface area contributed by atoms with Crippen LogP contribution in [0.5, 0.6) is 0 Å². The van der Waals surface area contributed by atoms with Gasteiger partial charge in [0.15, 0.2) is 0 Å². The summed E-state index contributed by atoms with van der Waals surface area (Å²) in [5.74, 6) is -1.43. The average molecular weight is 913 g/mol. The van der Waals surface area contributed by atoms with Crippen LogP contribution >= 0.6 is 67.8 Å². The third-order valence-electron chi connectivity index (χ3n) is 6.04. The molecule has 230 valence electrons. The molecule has 0 spiro atoms. The number of nitrogen functional groups attached to an aromatic ring is 1. The summed E-state index contributed by atoms with van der Waals surface area (Å²) in [5.41, 5.74) is 6.25. The molecular formula is C22H34I3N3O12. The molecule has 0 aliphatic carbocycles. The third kappa shape index (κ3) is 8.89. The van der Waals surface area contributed by atoms with Gasteiger partial charge < -0.3 is 66.6 Å². The highest BCUT2D eigenvalue weighted by Gasteiger charge is 2.35. The van der Waals surface area contributed by atoms with Gasteiger partial charge in [0, 0.05) is 30.8 Å². The second-order valence-corrected chi connectivity index (χ2v) is 12.3. The first-order valence-electron chi connectivity index (χ1n) is 11.6. The molecule has 8 atom stereocenters. The Balaban J connectivity index is 3.28. The van der Waals surface area contributed by atoms with Crippen LogP contribution < -0.4 is 5.73 Å². The molecule has 0 bridgehead atoms. The van der Waals surface area contributed by atoms with Crippen molar-refractivity contribution in [3.63, 3.8) is 0 Å². The Kier molecular flexibility index (Phi) is 15.6.